The third kappa shape index (κ3) is 4.97. The Morgan fingerprint density at radius 2 is 1.86 bits per heavy atom. The Morgan fingerprint density at radius 1 is 1.14 bits per heavy atom. The summed E-state index contributed by atoms with van der Waals surface area (Å²) in [5, 5.41) is 6.49. The Hall–Kier alpha value is -2.38. The van der Waals surface area contributed by atoms with Gasteiger partial charge in [0.1, 0.15) is 5.00 Å². The monoisotopic (exact) mass is 434 g/mol. The molecule has 0 saturated heterocycles. The molecule has 0 bridgehead atoms. The van der Waals surface area contributed by atoms with E-state index in [1.165, 1.54) is 7.11 Å². The zero-order valence-electron chi connectivity index (χ0n) is 16.3. The first-order chi connectivity index (χ1) is 13.9. The van der Waals surface area contributed by atoms with Crippen LogP contribution < -0.4 is 10.6 Å². The van der Waals surface area contributed by atoms with E-state index < -0.39 is 5.97 Å². The van der Waals surface area contributed by atoms with Crippen LogP contribution in [0, 0.1) is 12.8 Å². The molecule has 1 fully saturated rings. The normalized spacial score (nSPS) is 14.3. The van der Waals surface area contributed by atoms with Gasteiger partial charge >= 0.3 is 5.97 Å². The van der Waals surface area contributed by atoms with Crippen LogP contribution in [0.25, 0.3) is 0 Å². The number of hydrogen-bond acceptors (Lipinski definition) is 5. The molecular formula is C21H23ClN2O4S. The van der Waals surface area contributed by atoms with Crippen molar-refractivity contribution in [2.45, 2.75) is 39.0 Å². The lowest BCUT2D eigenvalue weighted by Crippen LogP contribution is -2.25. The van der Waals surface area contributed by atoms with Crippen LogP contribution in [-0.2, 0) is 9.53 Å². The van der Waals surface area contributed by atoms with Crippen LogP contribution in [0.15, 0.2) is 24.3 Å². The highest BCUT2D eigenvalue weighted by Crippen LogP contribution is 2.35. The zero-order valence-corrected chi connectivity index (χ0v) is 17.9. The van der Waals surface area contributed by atoms with Crippen LogP contribution in [0.1, 0.15) is 57.7 Å². The van der Waals surface area contributed by atoms with Gasteiger partial charge in [-0.15, -0.1) is 11.3 Å². The Bertz CT molecular complexity index is 935. The molecule has 0 aliphatic heterocycles. The average Bonchev–Trinajstić information content (AvgIpc) is 3.04. The van der Waals surface area contributed by atoms with Crippen molar-refractivity contribution in [1.29, 1.82) is 0 Å². The summed E-state index contributed by atoms with van der Waals surface area (Å²) in [5.74, 6) is -1.14. The molecule has 3 rings (SSSR count). The molecule has 1 aromatic heterocycles. The van der Waals surface area contributed by atoms with E-state index in [-0.39, 0.29) is 23.3 Å². The first-order valence-electron chi connectivity index (χ1n) is 9.50. The number of thiophene rings is 1. The molecule has 1 aromatic carbocycles. The van der Waals surface area contributed by atoms with Crippen LogP contribution in [0.5, 0.6) is 0 Å². The maximum atomic E-state index is 12.8. The van der Waals surface area contributed by atoms with Gasteiger partial charge < -0.3 is 15.4 Å². The smallest absolute Gasteiger partial charge is 0.341 e. The number of ether oxygens (including phenoxy) is 1. The fourth-order valence-electron chi connectivity index (χ4n) is 3.50. The van der Waals surface area contributed by atoms with Crippen LogP contribution in [0.4, 0.5) is 10.7 Å². The molecule has 8 heteroatoms. The summed E-state index contributed by atoms with van der Waals surface area (Å²) in [4.78, 5) is 38.2. The van der Waals surface area contributed by atoms with Crippen molar-refractivity contribution >= 4 is 51.4 Å². The minimum absolute atomic E-state index is 0.0691. The highest BCUT2D eigenvalue weighted by atomic mass is 35.5. The van der Waals surface area contributed by atoms with Gasteiger partial charge in [0.25, 0.3) is 5.91 Å². The number of carbonyl (C=O) groups is 3. The highest BCUT2D eigenvalue weighted by molar-refractivity contribution is 7.19. The highest BCUT2D eigenvalue weighted by Gasteiger charge is 2.28. The number of rotatable bonds is 5. The van der Waals surface area contributed by atoms with Gasteiger partial charge in [0.05, 0.1) is 17.6 Å². The van der Waals surface area contributed by atoms with Crippen molar-refractivity contribution in [2.24, 2.45) is 5.92 Å². The number of benzene rings is 1. The van der Waals surface area contributed by atoms with Gasteiger partial charge in [-0.1, -0.05) is 36.9 Å². The molecule has 0 radical (unpaired) electrons. The fraction of sp³-hybridized carbons (Fsp3) is 0.381. The molecule has 6 nitrogen and oxygen atoms in total. The SMILES string of the molecule is COC(=O)c1c(NC(=O)C2CCCCC2)sc(C(=O)Nc2cccc(Cl)c2)c1C. The van der Waals surface area contributed by atoms with Gasteiger partial charge in [-0.3, -0.25) is 9.59 Å². The molecule has 1 aliphatic rings. The number of methoxy groups -OCH3 is 1. The molecule has 1 saturated carbocycles. The largest absolute Gasteiger partial charge is 0.465 e. The van der Waals surface area contributed by atoms with E-state index in [4.69, 9.17) is 16.3 Å². The molecule has 1 aliphatic carbocycles. The quantitative estimate of drug-likeness (QED) is 0.628. The summed E-state index contributed by atoms with van der Waals surface area (Å²) < 4.78 is 4.88. The average molecular weight is 435 g/mol. The van der Waals surface area contributed by atoms with Gasteiger partial charge in [0, 0.05) is 16.6 Å². The lowest BCUT2D eigenvalue weighted by atomic mass is 9.89. The molecular weight excluding hydrogens is 412 g/mol. The van der Waals surface area contributed by atoms with Crippen molar-refractivity contribution in [3.8, 4) is 0 Å². The topological polar surface area (TPSA) is 84.5 Å². The predicted octanol–water partition coefficient (Wildman–Crippen LogP) is 5.27. The predicted molar refractivity (Wildman–Crippen MR) is 115 cm³/mol. The van der Waals surface area contributed by atoms with Gasteiger partial charge in [0.15, 0.2) is 0 Å². The van der Waals surface area contributed by atoms with E-state index >= 15 is 0 Å². The lowest BCUT2D eigenvalue weighted by Gasteiger charge is -2.20. The Morgan fingerprint density at radius 3 is 2.52 bits per heavy atom. The standard InChI is InChI=1S/C21H23ClN2O4S/c1-12-16(21(27)28-2)20(24-18(25)13-7-4-3-5-8-13)29-17(12)19(26)23-15-10-6-9-14(22)11-15/h6,9-11,13H,3-5,7-8H2,1-2H3,(H,23,26)(H,24,25). The zero-order chi connectivity index (χ0) is 21.0. The summed E-state index contributed by atoms with van der Waals surface area (Å²) >= 11 is 7.04. The maximum absolute atomic E-state index is 12.8. The van der Waals surface area contributed by atoms with Crippen molar-refractivity contribution in [1.82, 2.24) is 0 Å². The first-order valence-corrected chi connectivity index (χ1v) is 10.7. The van der Waals surface area contributed by atoms with Crippen LogP contribution in [0.3, 0.4) is 0 Å². The number of amides is 2. The fourth-order valence-corrected chi connectivity index (χ4v) is 4.78. The molecule has 2 N–H and O–H groups in total. The molecule has 0 unspecified atom stereocenters. The van der Waals surface area contributed by atoms with Crippen molar-refractivity contribution in [3.63, 3.8) is 0 Å². The Labute approximate surface area is 178 Å². The van der Waals surface area contributed by atoms with E-state index in [9.17, 15) is 14.4 Å². The Balaban J connectivity index is 1.87. The number of hydrogen-bond donors (Lipinski definition) is 2. The van der Waals surface area contributed by atoms with Crippen LogP contribution in [-0.4, -0.2) is 24.9 Å². The summed E-state index contributed by atoms with van der Waals surface area (Å²) in [6, 6.07) is 6.80. The second-order valence-corrected chi connectivity index (χ2v) is 8.50. The molecule has 0 spiro atoms. The Kier molecular flexibility index (Phi) is 6.92. The summed E-state index contributed by atoms with van der Waals surface area (Å²) in [5.41, 5.74) is 1.24. The van der Waals surface area contributed by atoms with E-state index in [2.05, 4.69) is 10.6 Å². The van der Waals surface area contributed by atoms with E-state index in [0.29, 0.717) is 26.2 Å². The number of esters is 1. The van der Waals surface area contributed by atoms with Gasteiger partial charge in [0.2, 0.25) is 5.91 Å². The van der Waals surface area contributed by atoms with Gasteiger partial charge in [-0.2, -0.15) is 0 Å². The van der Waals surface area contributed by atoms with Crippen molar-refractivity contribution < 1.29 is 19.1 Å². The molecule has 29 heavy (non-hydrogen) atoms. The molecule has 1 heterocycles. The summed E-state index contributed by atoms with van der Waals surface area (Å²) in [7, 11) is 1.28. The number of nitrogens with one attached hydrogen (secondary N) is 2. The maximum Gasteiger partial charge on any atom is 0.341 e. The minimum atomic E-state index is -0.584. The second kappa shape index (κ2) is 9.41. The number of halogens is 1. The molecule has 154 valence electrons. The third-order valence-corrected chi connectivity index (χ3v) is 6.48. The molecule has 2 amide bonds. The summed E-state index contributed by atoms with van der Waals surface area (Å²) in [6.45, 7) is 1.67. The lowest BCUT2D eigenvalue weighted by molar-refractivity contribution is -0.120. The van der Waals surface area contributed by atoms with Crippen molar-refractivity contribution in [2.75, 3.05) is 17.7 Å². The van der Waals surface area contributed by atoms with E-state index in [1.54, 1.807) is 31.2 Å². The van der Waals surface area contributed by atoms with E-state index in [0.717, 1.165) is 43.4 Å². The van der Waals surface area contributed by atoms with Crippen LogP contribution in [0.2, 0.25) is 5.02 Å². The molecule has 2 aromatic rings. The summed E-state index contributed by atoms with van der Waals surface area (Å²) in [6.07, 6.45) is 4.87. The second-order valence-electron chi connectivity index (χ2n) is 7.04. The number of anilines is 2. The van der Waals surface area contributed by atoms with Crippen molar-refractivity contribution in [3.05, 3.63) is 45.3 Å². The minimum Gasteiger partial charge on any atom is -0.465 e. The van der Waals surface area contributed by atoms with Gasteiger partial charge in [-0.05, 0) is 43.5 Å². The van der Waals surface area contributed by atoms with Crippen LogP contribution >= 0.6 is 22.9 Å². The first kappa shape index (κ1) is 21.3. The third-order valence-electron chi connectivity index (χ3n) is 5.04. The molecule has 0 atom stereocenters. The number of carbonyl (C=O) groups excluding carboxylic acids is 3. The van der Waals surface area contributed by atoms with E-state index in [1.807, 2.05) is 0 Å². The van der Waals surface area contributed by atoms with Gasteiger partial charge in [-0.25, -0.2) is 4.79 Å².